The van der Waals surface area contributed by atoms with Crippen molar-refractivity contribution in [3.8, 4) is 11.5 Å². The second-order valence-corrected chi connectivity index (χ2v) is 7.64. The molecule has 0 bridgehead atoms. The fourth-order valence-electron chi connectivity index (χ4n) is 3.37. The highest BCUT2D eigenvalue weighted by molar-refractivity contribution is 5.97. The van der Waals surface area contributed by atoms with Gasteiger partial charge in [0.15, 0.2) is 12.4 Å². The van der Waals surface area contributed by atoms with Crippen LogP contribution in [0.5, 0.6) is 11.5 Å². The van der Waals surface area contributed by atoms with Crippen molar-refractivity contribution in [1.29, 1.82) is 0 Å². The van der Waals surface area contributed by atoms with E-state index in [-0.39, 0.29) is 18.6 Å². The average Bonchev–Trinajstić information content (AvgIpc) is 2.89. The molecule has 0 unspecified atom stereocenters. The lowest BCUT2D eigenvalue weighted by Gasteiger charge is -2.20. The highest BCUT2D eigenvalue weighted by Crippen LogP contribution is 2.26. The van der Waals surface area contributed by atoms with Crippen LogP contribution in [0, 0.1) is 5.82 Å². The Bertz CT molecular complexity index is 1100. The number of nitrogens with one attached hydrogen (secondary N) is 1. The lowest BCUT2D eigenvalue weighted by Crippen LogP contribution is -2.33. The number of methoxy groups -OCH3 is 2. The molecule has 0 radical (unpaired) electrons. The number of ether oxygens (including phenoxy) is 3. The average molecular weight is 480 g/mol. The summed E-state index contributed by atoms with van der Waals surface area (Å²) in [4.78, 5) is 36.8. The molecule has 1 amide bonds. The summed E-state index contributed by atoms with van der Waals surface area (Å²) in [6, 6.07) is 19.1. The van der Waals surface area contributed by atoms with Gasteiger partial charge in [-0.2, -0.15) is 0 Å². The monoisotopic (exact) mass is 479 g/mol. The van der Waals surface area contributed by atoms with Crippen LogP contribution in [0.2, 0.25) is 0 Å². The maximum Gasteiger partial charge on any atom is 0.306 e. The zero-order chi connectivity index (χ0) is 25.2. The van der Waals surface area contributed by atoms with Gasteiger partial charge in [0, 0.05) is 12.0 Å². The standard InChI is InChI=1S/C27H26FNO6/c1-33-22-11-5-19(6-12-22)27(20-7-13-23(34-2)14-8-20)29-25(31)17-35-26(32)16-15-24(30)18-3-9-21(28)10-4-18/h3-14,27H,15-17H2,1-2H3,(H,29,31). The third kappa shape index (κ3) is 7.40. The number of benzene rings is 3. The number of hydrogen-bond donors (Lipinski definition) is 1. The van der Waals surface area contributed by atoms with E-state index in [1.807, 2.05) is 24.3 Å². The molecule has 7 nitrogen and oxygen atoms in total. The van der Waals surface area contributed by atoms with Gasteiger partial charge in [-0.1, -0.05) is 24.3 Å². The van der Waals surface area contributed by atoms with E-state index in [9.17, 15) is 18.8 Å². The number of carbonyl (C=O) groups excluding carboxylic acids is 3. The van der Waals surface area contributed by atoms with Crippen LogP contribution in [0.4, 0.5) is 4.39 Å². The largest absolute Gasteiger partial charge is 0.497 e. The molecule has 0 aromatic heterocycles. The summed E-state index contributed by atoms with van der Waals surface area (Å²) < 4.78 is 28.4. The van der Waals surface area contributed by atoms with Crippen molar-refractivity contribution in [2.45, 2.75) is 18.9 Å². The van der Waals surface area contributed by atoms with Gasteiger partial charge >= 0.3 is 5.97 Å². The number of halogens is 1. The molecule has 3 aromatic carbocycles. The Balaban J connectivity index is 1.58. The van der Waals surface area contributed by atoms with Gasteiger partial charge in [0.2, 0.25) is 0 Å². The van der Waals surface area contributed by atoms with E-state index in [0.717, 1.165) is 11.1 Å². The van der Waals surface area contributed by atoms with Crippen molar-refractivity contribution in [3.63, 3.8) is 0 Å². The van der Waals surface area contributed by atoms with Crippen molar-refractivity contribution in [2.24, 2.45) is 0 Å². The highest BCUT2D eigenvalue weighted by Gasteiger charge is 2.19. The van der Waals surface area contributed by atoms with E-state index in [1.165, 1.54) is 24.3 Å². The predicted octanol–water partition coefficient (Wildman–Crippen LogP) is 4.25. The summed E-state index contributed by atoms with van der Waals surface area (Å²) in [5.41, 5.74) is 1.92. The zero-order valence-electron chi connectivity index (χ0n) is 19.5. The summed E-state index contributed by atoms with van der Waals surface area (Å²) in [5, 5.41) is 2.88. The molecule has 0 saturated heterocycles. The molecular formula is C27H26FNO6. The van der Waals surface area contributed by atoms with Crippen LogP contribution in [0.1, 0.15) is 40.4 Å². The first kappa shape index (κ1) is 25.4. The highest BCUT2D eigenvalue weighted by atomic mass is 19.1. The molecule has 1 N–H and O–H groups in total. The van der Waals surface area contributed by atoms with Gasteiger partial charge in [0.25, 0.3) is 5.91 Å². The normalized spacial score (nSPS) is 10.5. The molecule has 0 heterocycles. The van der Waals surface area contributed by atoms with E-state index in [1.54, 1.807) is 38.5 Å². The third-order valence-electron chi connectivity index (χ3n) is 5.29. The molecule has 0 aliphatic heterocycles. The molecule has 0 fully saturated rings. The van der Waals surface area contributed by atoms with Gasteiger partial charge < -0.3 is 19.5 Å². The Morgan fingerprint density at radius 1 is 0.771 bits per heavy atom. The smallest absolute Gasteiger partial charge is 0.306 e. The van der Waals surface area contributed by atoms with Gasteiger partial charge in [0.05, 0.1) is 26.7 Å². The molecule has 3 aromatic rings. The van der Waals surface area contributed by atoms with Crippen molar-refractivity contribution in [2.75, 3.05) is 20.8 Å². The Kier molecular flexibility index (Phi) is 8.95. The minimum absolute atomic E-state index is 0.105. The van der Waals surface area contributed by atoms with Gasteiger partial charge in [-0.25, -0.2) is 4.39 Å². The van der Waals surface area contributed by atoms with Gasteiger partial charge in [-0.3, -0.25) is 14.4 Å². The summed E-state index contributed by atoms with van der Waals surface area (Å²) in [7, 11) is 3.14. The van der Waals surface area contributed by atoms with Crippen molar-refractivity contribution in [3.05, 3.63) is 95.3 Å². The number of Topliss-reactive ketones (excluding diaryl/α,β-unsaturated/α-hetero) is 1. The van der Waals surface area contributed by atoms with Crippen LogP contribution in [0.15, 0.2) is 72.8 Å². The first-order chi connectivity index (χ1) is 16.9. The maximum absolute atomic E-state index is 13.0. The molecule has 0 aliphatic rings. The lowest BCUT2D eigenvalue weighted by molar-refractivity contribution is -0.148. The SMILES string of the molecule is COc1ccc(C(NC(=O)COC(=O)CCC(=O)c2ccc(F)cc2)c2ccc(OC)cc2)cc1. The topological polar surface area (TPSA) is 90.9 Å². The first-order valence-corrected chi connectivity index (χ1v) is 10.9. The van der Waals surface area contributed by atoms with E-state index in [2.05, 4.69) is 5.32 Å². The fraction of sp³-hybridized carbons (Fsp3) is 0.222. The van der Waals surface area contributed by atoms with Gasteiger partial charge in [-0.05, 0) is 59.7 Å². The van der Waals surface area contributed by atoms with Crippen molar-refractivity contribution >= 4 is 17.7 Å². The lowest BCUT2D eigenvalue weighted by atomic mass is 9.98. The Morgan fingerprint density at radius 3 is 1.77 bits per heavy atom. The molecule has 0 aliphatic carbocycles. The number of rotatable bonds is 11. The van der Waals surface area contributed by atoms with Crippen molar-refractivity contribution < 1.29 is 33.0 Å². The zero-order valence-corrected chi connectivity index (χ0v) is 19.5. The number of ketones is 1. The first-order valence-electron chi connectivity index (χ1n) is 10.9. The Labute approximate surface area is 202 Å². The number of carbonyl (C=O) groups is 3. The Hall–Kier alpha value is -4.20. The summed E-state index contributed by atoms with van der Waals surface area (Å²) in [6.45, 7) is -0.494. The summed E-state index contributed by atoms with van der Waals surface area (Å²) >= 11 is 0. The maximum atomic E-state index is 13.0. The second kappa shape index (κ2) is 12.3. The summed E-state index contributed by atoms with van der Waals surface area (Å²) in [5.74, 6) is -0.587. The van der Waals surface area contributed by atoms with E-state index in [0.29, 0.717) is 17.1 Å². The van der Waals surface area contributed by atoms with Crippen LogP contribution in [-0.4, -0.2) is 38.5 Å². The summed E-state index contributed by atoms with van der Waals surface area (Å²) in [6.07, 6.45) is -0.295. The van der Waals surface area contributed by atoms with Gasteiger partial charge in [0.1, 0.15) is 17.3 Å². The van der Waals surface area contributed by atoms with Gasteiger partial charge in [-0.15, -0.1) is 0 Å². The molecule has 35 heavy (non-hydrogen) atoms. The predicted molar refractivity (Wildman–Crippen MR) is 127 cm³/mol. The molecule has 182 valence electrons. The van der Waals surface area contributed by atoms with Crippen LogP contribution in [-0.2, 0) is 14.3 Å². The third-order valence-corrected chi connectivity index (χ3v) is 5.29. The van der Waals surface area contributed by atoms with Crippen LogP contribution >= 0.6 is 0 Å². The van der Waals surface area contributed by atoms with Crippen LogP contribution in [0.25, 0.3) is 0 Å². The Morgan fingerprint density at radius 2 is 1.29 bits per heavy atom. The van der Waals surface area contributed by atoms with E-state index >= 15 is 0 Å². The minimum Gasteiger partial charge on any atom is -0.497 e. The number of amides is 1. The fourth-order valence-corrected chi connectivity index (χ4v) is 3.37. The molecule has 3 rings (SSSR count). The molecule has 0 spiro atoms. The molecule has 0 atom stereocenters. The van der Waals surface area contributed by atoms with Crippen LogP contribution < -0.4 is 14.8 Å². The van der Waals surface area contributed by atoms with E-state index < -0.39 is 30.3 Å². The van der Waals surface area contributed by atoms with Crippen molar-refractivity contribution in [1.82, 2.24) is 5.32 Å². The van der Waals surface area contributed by atoms with E-state index in [4.69, 9.17) is 14.2 Å². The van der Waals surface area contributed by atoms with Crippen LogP contribution in [0.3, 0.4) is 0 Å². The number of hydrogen-bond acceptors (Lipinski definition) is 6. The molecular weight excluding hydrogens is 453 g/mol. The minimum atomic E-state index is -0.680. The number of esters is 1. The second-order valence-electron chi connectivity index (χ2n) is 7.64. The molecule has 8 heteroatoms. The quantitative estimate of drug-likeness (QED) is 0.327. The molecule has 0 saturated carbocycles.